The number of pyridine rings is 3. The van der Waals surface area contributed by atoms with Gasteiger partial charge in [-0.25, -0.2) is 15.0 Å². The Bertz CT molecular complexity index is 2370. The molecule has 3 aliphatic heterocycles. The summed E-state index contributed by atoms with van der Waals surface area (Å²) < 4.78 is 63.3. The molecule has 27 heteroatoms. The molecule has 0 aliphatic carbocycles. The first-order valence-corrected chi connectivity index (χ1v) is 27.5. The predicted molar refractivity (Wildman–Crippen MR) is 309 cm³/mol. The molecule has 0 aromatic carbocycles. The highest BCUT2D eigenvalue weighted by Crippen LogP contribution is 2.32. The highest BCUT2D eigenvalue weighted by Gasteiger charge is 2.41. The molecule has 6 rings (SSSR count). The quantitative estimate of drug-likeness (QED) is 0.0705. The largest absolute Gasteiger partial charge is 0.505 e. The number of aliphatic imine (C=N–C) groups is 3. The Hall–Kier alpha value is -6.69. The van der Waals surface area contributed by atoms with Crippen molar-refractivity contribution in [2.45, 2.75) is 58.2 Å². The first kappa shape index (κ1) is 69.8. The number of Topliss-reactive ketones (excluding diaryl/α,β-unsaturated/α-hetero) is 3. The topological polar surface area (TPSA) is 308 Å². The van der Waals surface area contributed by atoms with Crippen molar-refractivity contribution in [3.8, 4) is 34.5 Å². The second-order valence-electron chi connectivity index (χ2n) is 20.2. The molecule has 6 heterocycles. The van der Waals surface area contributed by atoms with E-state index < -0.39 is 16.6 Å². The molecule has 84 heavy (non-hydrogen) atoms. The third-order valence-corrected chi connectivity index (χ3v) is 13.1. The summed E-state index contributed by atoms with van der Waals surface area (Å²) in [5.74, 6) is 2.49. The van der Waals surface area contributed by atoms with Gasteiger partial charge in [-0.2, -0.15) is 0 Å². The number of methoxy groups -OCH3 is 3. The molecule has 0 spiro atoms. The average molecular weight is 1190 g/mol. The Morgan fingerprint density at radius 1 is 0.405 bits per heavy atom. The SMILES string of the molecule is COCCOCCOCCOc1cnc(C2=N[C@@](C)(C(C)=O)CN2C)c(O)c1.COCCOCCOCCOc1cnc(C2=N[C@@](C)(C(C)=O)CN2C)c(O)c1.COCCOCCOCCOc1cnc(C2=N[C@@](C)(C(C)=O)CN2C)c(O)c1. The zero-order chi connectivity index (χ0) is 61.7. The zero-order valence-corrected chi connectivity index (χ0v) is 50.8. The van der Waals surface area contributed by atoms with Crippen molar-refractivity contribution in [2.24, 2.45) is 15.0 Å². The van der Waals surface area contributed by atoms with Crippen LogP contribution in [0.15, 0.2) is 51.8 Å². The van der Waals surface area contributed by atoms with E-state index >= 15 is 0 Å². The summed E-state index contributed by atoms with van der Waals surface area (Å²) in [4.78, 5) is 67.1. The predicted octanol–water partition coefficient (Wildman–Crippen LogP) is 2.66. The molecule has 3 N–H and O–H groups in total. The molecule has 0 saturated carbocycles. The van der Waals surface area contributed by atoms with Gasteiger partial charge in [-0.3, -0.25) is 29.4 Å². The van der Waals surface area contributed by atoms with Crippen LogP contribution in [0.25, 0.3) is 0 Å². The molecule has 0 unspecified atom stereocenters. The molecule has 0 fully saturated rings. The van der Waals surface area contributed by atoms with Crippen LogP contribution in [0.2, 0.25) is 0 Å². The highest BCUT2D eigenvalue weighted by atomic mass is 16.6. The fraction of sp³-hybridized carbons (Fsp3) is 0.632. The van der Waals surface area contributed by atoms with Crippen LogP contribution in [-0.2, 0) is 57.0 Å². The Morgan fingerprint density at radius 2 is 0.619 bits per heavy atom. The molecular formula is C57H87N9O18. The van der Waals surface area contributed by atoms with Crippen molar-refractivity contribution in [3.63, 3.8) is 0 Å². The lowest BCUT2D eigenvalue weighted by Gasteiger charge is -2.18. The van der Waals surface area contributed by atoms with Crippen molar-refractivity contribution < 1.29 is 86.5 Å². The molecular weight excluding hydrogens is 1100 g/mol. The summed E-state index contributed by atoms with van der Waals surface area (Å²) in [7, 11) is 10.3. The van der Waals surface area contributed by atoms with E-state index in [1.807, 2.05) is 35.8 Å². The van der Waals surface area contributed by atoms with Crippen molar-refractivity contribution in [1.29, 1.82) is 0 Å². The van der Waals surface area contributed by atoms with E-state index in [9.17, 15) is 29.7 Å². The first-order valence-electron chi connectivity index (χ1n) is 27.5. The van der Waals surface area contributed by atoms with Gasteiger partial charge in [0.15, 0.2) is 34.9 Å². The van der Waals surface area contributed by atoms with Crippen LogP contribution in [0.1, 0.15) is 58.6 Å². The summed E-state index contributed by atoms with van der Waals surface area (Å²) in [5, 5.41) is 31.0. The summed E-state index contributed by atoms with van der Waals surface area (Å²) >= 11 is 0. The van der Waals surface area contributed by atoms with Gasteiger partial charge in [0, 0.05) is 60.7 Å². The monoisotopic (exact) mass is 1190 g/mol. The van der Waals surface area contributed by atoms with Gasteiger partial charge in [0.05, 0.1) is 137 Å². The lowest BCUT2D eigenvalue weighted by atomic mass is 9.99. The average Bonchev–Trinajstić information content (AvgIpc) is 2.71. The van der Waals surface area contributed by atoms with Crippen LogP contribution in [0.4, 0.5) is 0 Å². The van der Waals surface area contributed by atoms with Gasteiger partial charge in [0.25, 0.3) is 0 Å². The van der Waals surface area contributed by atoms with Crippen LogP contribution in [0, 0.1) is 0 Å². The molecule has 27 nitrogen and oxygen atoms in total. The van der Waals surface area contributed by atoms with E-state index in [2.05, 4.69) is 29.9 Å². The van der Waals surface area contributed by atoms with Gasteiger partial charge in [-0.1, -0.05) is 0 Å². The minimum Gasteiger partial charge on any atom is -0.505 e. The fourth-order valence-electron chi connectivity index (χ4n) is 8.05. The number of carbonyl (C=O) groups excluding carboxylic acids is 3. The molecule has 3 atom stereocenters. The Balaban J connectivity index is 0.000000270. The maximum absolute atomic E-state index is 11.8. The molecule has 0 saturated heterocycles. The Morgan fingerprint density at radius 3 is 0.810 bits per heavy atom. The summed E-state index contributed by atoms with van der Waals surface area (Å²) in [6, 6.07) is 4.45. The number of aromatic hydroxyl groups is 3. The minimum absolute atomic E-state index is 0.0297. The summed E-state index contributed by atoms with van der Waals surface area (Å²) in [5.41, 5.74) is -1.49. The number of hydrogen-bond donors (Lipinski definition) is 3. The molecule has 3 aliphatic rings. The van der Waals surface area contributed by atoms with Gasteiger partial charge in [-0.05, 0) is 41.5 Å². The molecule has 0 bridgehead atoms. The lowest BCUT2D eigenvalue weighted by molar-refractivity contribution is -0.122. The van der Waals surface area contributed by atoms with E-state index in [1.54, 1.807) is 42.1 Å². The van der Waals surface area contributed by atoms with Crippen LogP contribution in [-0.4, -0.2) is 277 Å². The van der Waals surface area contributed by atoms with Crippen molar-refractivity contribution >= 4 is 34.9 Å². The number of carbonyl (C=O) groups is 3. The zero-order valence-electron chi connectivity index (χ0n) is 50.8. The van der Waals surface area contributed by atoms with E-state index in [4.69, 9.17) is 56.8 Å². The minimum atomic E-state index is -0.821. The standard InChI is InChI=1S/3C19H29N3O6/c3*1-14(23)19(2)13-22(3)18(21-19)17-16(24)11-15(12-20-17)28-10-9-27-8-7-26-6-5-25-4/h3*11-12,24H,5-10,13H2,1-4H3/t3*19-/m111/s1. The van der Waals surface area contributed by atoms with Crippen LogP contribution in [0.5, 0.6) is 34.5 Å². The van der Waals surface area contributed by atoms with Crippen molar-refractivity contribution in [2.75, 3.05) is 181 Å². The second kappa shape index (κ2) is 35.6. The fourth-order valence-corrected chi connectivity index (χ4v) is 8.05. The Labute approximate surface area is 492 Å². The van der Waals surface area contributed by atoms with Gasteiger partial charge in [0.2, 0.25) is 0 Å². The highest BCUT2D eigenvalue weighted by molar-refractivity contribution is 6.06. The maximum Gasteiger partial charge on any atom is 0.158 e. The smallest absolute Gasteiger partial charge is 0.158 e. The maximum atomic E-state index is 11.8. The van der Waals surface area contributed by atoms with Gasteiger partial charge in [-0.15, -0.1) is 0 Å². The van der Waals surface area contributed by atoms with Crippen LogP contribution in [0.3, 0.4) is 0 Å². The van der Waals surface area contributed by atoms with Gasteiger partial charge < -0.3 is 86.9 Å². The number of likely N-dealkylation sites (N-methyl/N-ethyl adjacent to an activating group) is 3. The van der Waals surface area contributed by atoms with Crippen LogP contribution < -0.4 is 14.2 Å². The lowest BCUT2D eigenvalue weighted by Crippen LogP contribution is -2.37. The number of hydrogen-bond acceptors (Lipinski definition) is 27. The molecule has 3 aromatic heterocycles. The Kier molecular flexibility index (Phi) is 29.6. The number of aromatic nitrogens is 3. The third kappa shape index (κ3) is 22.1. The normalized spacial score (nSPS) is 19.0. The third-order valence-electron chi connectivity index (χ3n) is 13.1. The molecule has 0 radical (unpaired) electrons. The van der Waals surface area contributed by atoms with E-state index in [1.165, 1.54) is 57.6 Å². The van der Waals surface area contributed by atoms with Gasteiger partial charge in [0.1, 0.15) is 88.0 Å². The number of ether oxygens (including phenoxy) is 12. The summed E-state index contributed by atoms with van der Waals surface area (Å²) in [6.45, 7) is 19.5. The summed E-state index contributed by atoms with van der Waals surface area (Å²) in [6.07, 6.45) is 4.55. The van der Waals surface area contributed by atoms with Crippen molar-refractivity contribution in [1.82, 2.24) is 29.7 Å². The number of nitrogens with zero attached hydrogens (tertiary/aromatic N) is 9. The van der Waals surface area contributed by atoms with E-state index in [0.717, 1.165) is 0 Å². The van der Waals surface area contributed by atoms with Gasteiger partial charge >= 0.3 is 0 Å². The van der Waals surface area contributed by atoms with Crippen LogP contribution >= 0.6 is 0 Å². The second-order valence-corrected chi connectivity index (χ2v) is 20.2. The molecule has 3 aromatic rings. The van der Waals surface area contributed by atoms with Crippen molar-refractivity contribution in [3.05, 3.63) is 53.9 Å². The number of amidine groups is 3. The number of ketones is 3. The first-order chi connectivity index (χ1) is 40.1. The molecule has 468 valence electrons. The number of rotatable bonds is 36. The van der Waals surface area contributed by atoms with E-state index in [0.29, 0.717) is 190 Å². The van der Waals surface area contributed by atoms with E-state index in [-0.39, 0.29) is 34.6 Å². The molecule has 0 amide bonds.